The van der Waals surface area contributed by atoms with Gasteiger partial charge in [0.15, 0.2) is 0 Å². The van der Waals surface area contributed by atoms with Crippen LogP contribution in [0, 0.1) is 13.8 Å². The molecule has 1 fully saturated rings. The van der Waals surface area contributed by atoms with Crippen molar-refractivity contribution >= 4 is 21.4 Å². The lowest BCUT2D eigenvalue weighted by Gasteiger charge is -2.16. The first-order valence-electron chi connectivity index (χ1n) is 9.19. The molecule has 2 N–H and O–H groups in total. The summed E-state index contributed by atoms with van der Waals surface area (Å²) in [5, 5.41) is 3.23. The minimum absolute atomic E-state index is 0.0511. The predicted octanol–water partition coefficient (Wildman–Crippen LogP) is 2.36. The topological polar surface area (TPSA) is 92.6 Å². The van der Waals surface area contributed by atoms with Gasteiger partial charge < -0.3 is 5.32 Å². The van der Waals surface area contributed by atoms with Crippen molar-refractivity contribution in [3.05, 3.63) is 69.8 Å². The zero-order valence-corrected chi connectivity index (χ0v) is 16.6. The van der Waals surface area contributed by atoms with Crippen molar-refractivity contribution in [2.45, 2.75) is 44.2 Å². The van der Waals surface area contributed by atoms with Crippen molar-refractivity contribution in [3.63, 3.8) is 0 Å². The van der Waals surface area contributed by atoms with E-state index in [1.165, 1.54) is 10.5 Å². The number of aryl methyl sites for hydroxylation is 1. The van der Waals surface area contributed by atoms with Crippen LogP contribution in [0.25, 0.3) is 5.65 Å². The number of benzene rings is 1. The highest BCUT2D eigenvalue weighted by molar-refractivity contribution is 7.89. The Bertz CT molecular complexity index is 1210. The molecular formula is C20H22N4O3S. The van der Waals surface area contributed by atoms with Crippen LogP contribution in [0.1, 0.15) is 29.7 Å². The van der Waals surface area contributed by atoms with Gasteiger partial charge in [0, 0.05) is 24.0 Å². The van der Waals surface area contributed by atoms with Crippen LogP contribution in [0.4, 0.5) is 5.69 Å². The van der Waals surface area contributed by atoms with Gasteiger partial charge in [-0.2, -0.15) is 0 Å². The second-order valence-corrected chi connectivity index (χ2v) is 8.80. The molecule has 3 aromatic rings. The van der Waals surface area contributed by atoms with E-state index in [1.54, 1.807) is 38.2 Å². The summed E-state index contributed by atoms with van der Waals surface area (Å²) >= 11 is 0. The summed E-state index contributed by atoms with van der Waals surface area (Å²) in [6.45, 7) is 3.91. The standard InChI is InChI=1S/C20H22N4O3S/c1-13-6-9-17(14(2)20(13)28(26,27)23-15-7-8-15)21-12-16-11-19(25)24-10-4-3-5-18(24)22-16/h3-6,9-11,15,21,23H,7-8,12H2,1-2H3. The van der Waals surface area contributed by atoms with E-state index in [4.69, 9.17) is 0 Å². The maximum absolute atomic E-state index is 12.7. The molecule has 0 amide bonds. The lowest BCUT2D eigenvalue weighted by molar-refractivity contribution is 0.580. The van der Waals surface area contributed by atoms with Gasteiger partial charge in [-0.3, -0.25) is 9.20 Å². The van der Waals surface area contributed by atoms with Crippen molar-refractivity contribution < 1.29 is 8.42 Å². The summed E-state index contributed by atoms with van der Waals surface area (Å²) in [7, 11) is -3.56. The molecule has 0 aliphatic heterocycles. The van der Waals surface area contributed by atoms with Gasteiger partial charge in [0.05, 0.1) is 17.1 Å². The van der Waals surface area contributed by atoms with Crippen molar-refractivity contribution in [2.75, 3.05) is 5.32 Å². The first-order valence-corrected chi connectivity index (χ1v) is 10.7. The quantitative estimate of drug-likeness (QED) is 0.665. The molecule has 0 saturated heterocycles. The molecule has 146 valence electrons. The van der Waals surface area contributed by atoms with Gasteiger partial charge in [-0.25, -0.2) is 18.1 Å². The number of hydrogen-bond donors (Lipinski definition) is 2. The Morgan fingerprint density at radius 1 is 1.18 bits per heavy atom. The van der Waals surface area contributed by atoms with Crippen molar-refractivity contribution in [3.8, 4) is 0 Å². The smallest absolute Gasteiger partial charge is 0.258 e. The van der Waals surface area contributed by atoms with Crippen LogP contribution >= 0.6 is 0 Å². The van der Waals surface area contributed by atoms with Gasteiger partial charge >= 0.3 is 0 Å². The van der Waals surface area contributed by atoms with Crippen molar-refractivity contribution in [2.24, 2.45) is 0 Å². The molecule has 0 atom stereocenters. The molecule has 1 aliphatic rings. The van der Waals surface area contributed by atoms with Gasteiger partial charge in [-0.15, -0.1) is 0 Å². The minimum atomic E-state index is -3.56. The molecule has 8 heteroatoms. The Hall–Kier alpha value is -2.71. The molecule has 1 saturated carbocycles. The molecular weight excluding hydrogens is 376 g/mol. The minimum Gasteiger partial charge on any atom is -0.379 e. The monoisotopic (exact) mass is 398 g/mol. The maximum atomic E-state index is 12.7. The Morgan fingerprint density at radius 2 is 1.96 bits per heavy atom. The predicted molar refractivity (Wildman–Crippen MR) is 108 cm³/mol. The van der Waals surface area contributed by atoms with Crippen LogP contribution in [0.2, 0.25) is 0 Å². The zero-order chi connectivity index (χ0) is 19.9. The second-order valence-electron chi connectivity index (χ2n) is 7.15. The lowest BCUT2D eigenvalue weighted by atomic mass is 10.1. The highest BCUT2D eigenvalue weighted by atomic mass is 32.2. The van der Waals surface area contributed by atoms with Gasteiger partial charge in [0.2, 0.25) is 10.0 Å². The molecule has 0 radical (unpaired) electrons. The van der Waals surface area contributed by atoms with Crippen LogP contribution in [-0.2, 0) is 16.6 Å². The summed E-state index contributed by atoms with van der Waals surface area (Å²) in [5.41, 5.74) is 3.08. The first-order chi connectivity index (χ1) is 13.3. The fourth-order valence-electron chi connectivity index (χ4n) is 3.29. The molecule has 4 rings (SSSR count). The van der Waals surface area contributed by atoms with Crippen LogP contribution in [0.3, 0.4) is 0 Å². The maximum Gasteiger partial charge on any atom is 0.258 e. The van der Waals surface area contributed by atoms with E-state index in [0.29, 0.717) is 39.6 Å². The van der Waals surface area contributed by atoms with E-state index in [0.717, 1.165) is 12.8 Å². The van der Waals surface area contributed by atoms with E-state index < -0.39 is 10.0 Å². The number of pyridine rings is 1. The fourth-order valence-corrected chi connectivity index (χ4v) is 5.09. The molecule has 1 aliphatic carbocycles. The largest absolute Gasteiger partial charge is 0.379 e. The molecule has 7 nitrogen and oxygen atoms in total. The fraction of sp³-hybridized carbons (Fsp3) is 0.300. The third-order valence-electron chi connectivity index (χ3n) is 4.85. The summed E-state index contributed by atoms with van der Waals surface area (Å²) in [4.78, 5) is 17.0. The number of anilines is 1. The molecule has 1 aromatic carbocycles. The highest BCUT2D eigenvalue weighted by Crippen LogP contribution is 2.29. The number of fused-ring (bicyclic) bond motifs is 1. The van der Waals surface area contributed by atoms with Crippen LogP contribution in [-0.4, -0.2) is 23.8 Å². The Morgan fingerprint density at radius 3 is 2.71 bits per heavy atom. The SMILES string of the molecule is Cc1ccc(NCc2cc(=O)n3ccccc3n2)c(C)c1S(=O)(=O)NC1CC1. The molecule has 0 spiro atoms. The number of sulfonamides is 1. The van der Waals surface area contributed by atoms with Gasteiger partial charge in [0.25, 0.3) is 5.56 Å². The van der Waals surface area contributed by atoms with E-state index >= 15 is 0 Å². The van der Waals surface area contributed by atoms with Crippen molar-refractivity contribution in [1.82, 2.24) is 14.1 Å². The van der Waals surface area contributed by atoms with Crippen LogP contribution in [0.5, 0.6) is 0 Å². The normalized spacial score (nSPS) is 14.4. The van der Waals surface area contributed by atoms with Crippen LogP contribution < -0.4 is 15.6 Å². The van der Waals surface area contributed by atoms with Gasteiger partial charge in [-0.05, 0) is 56.0 Å². The Labute approximate surface area is 163 Å². The third kappa shape index (κ3) is 3.65. The van der Waals surface area contributed by atoms with E-state index in [1.807, 2.05) is 12.1 Å². The average Bonchev–Trinajstić information content (AvgIpc) is 3.44. The zero-order valence-electron chi connectivity index (χ0n) is 15.8. The number of nitrogens with one attached hydrogen (secondary N) is 2. The first kappa shape index (κ1) is 18.6. The third-order valence-corrected chi connectivity index (χ3v) is 6.66. The molecule has 28 heavy (non-hydrogen) atoms. The number of aromatic nitrogens is 2. The molecule has 0 bridgehead atoms. The van der Waals surface area contributed by atoms with Gasteiger partial charge in [-0.1, -0.05) is 12.1 Å². The summed E-state index contributed by atoms with van der Waals surface area (Å²) in [6.07, 6.45) is 3.45. The average molecular weight is 398 g/mol. The second kappa shape index (κ2) is 7.03. The Kier molecular flexibility index (Phi) is 4.68. The Balaban J connectivity index is 1.62. The van der Waals surface area contributed by atoms with E-state index in [2.05, 4.69) is 15.0 Å². The van der Waals surface area contributed by atoms with Crippen LogP contribution in [0.15, 0.2) is 52.3 Å². The van der Waals surface area contributed by atoms with Crippen molar-refractivity contribution in [1.29, 1.82) is 0 Å². The highest BCUT2D eigenvalue weighted by Gasteiger charge is 2.30. The molecule has 0 unspecified atom stereocenters. The van der Waals surface area contributed by atoms with Gasteiger partial charge in [0.1, 0.15) is 5.65 Å². The summed E-state index contributed by atoms with van der Waals surface area (Å²) in [6, 6.07) is 10.6. The molecule has 2 heterocycles. The summed E-state index contributed by atoms with van der Waals surface area (Å²) in [5.74, 6) is 0. The van der Waals surface area contributed by atoms with E-state index in [9.17, 15) is 13.2 Å². The number of nitrogens with zero attached hydrogens (tertiary/aromatic N) is 2. The number of hydrogen-bond acceptors (Lipinski definition) is 5. The van der Waals surface area contributed by atoms with E-state index in [-0.39, 0.29) is 11.6 Å². The summed E-state index contributed by atoms with van der Waals surface area (Å²) < 4.78 is 29.7. The number of rotatable bonds is 6. The lowest BCUT2D eigenvalue weighted by Crippen LogP contribution is -2.27. The molecule has 2 aromatic heterocycles.